The Balaban J connectivity index is 2.09. The van der Waals surface area contributed by atoms with Crippen molar-refractivity contribution in [2.75, 3.05) is 11.9 Å². The molecule has 5 rings (SSSR count). The van der Waals surface area contributed by atoms with E-state index in [4.69, 9.17) is 4.98 Å². The molecule has 4 aromatic rings. The summed E-state index contributed by atoms with van der Waals surface area (Å²) in [5, 5.41) is 13.4. The number of para-hydroxylation sites is 2. The summed E-state index contributed by atoms with van der Waals surface area (Å²) in [6, 6.07) is 20.0. The summed E-state index contributed by atoms with van der Waals surface area (Å²) in [7, 11) is 2.03. The molecule has 1 aromatic heterocycles. The number of anilines is 2. The van der Waals surface area contributed by atoms with Gasteiger partial charge in [-0.05, 0) is 23.6 Å². The molecule has 0 unspecified atom stereocenters. The first-order valence-corrected chi connectivity index (χ1v) is 7.62. The van der Waals surface area contributed by atoms with Gasteiger partial charge in [0, 0.05) is 29.4 Å². The molecule has 3 heteroatoms. The zero-order valence-electron chi connectivity index (χ0n) is 12.6. The highest BCUT2D eigenvalue weighted by molar-refractivity contribution is 6.19. The van der Waals surface area contributed by atoms with Crippen molar-refractivity contribution in [2.45, 2.75) is 0 Å². The molecule has 0 bridgehead atoms. The minimum absolute atomic E-state index is 0.279. The quantitative estimate of drug-likeness (QED) is 0.472. The van der Waals surface area contributed by atoms with Crippen molar-refractivity contribution in [2.24, 2.45) is 0 Å². The Hall–Kier alpha value is -3.07. The zero-order chi connectivity index (χ0) is 15.6. The molecule has 0 amide bonds. The molecule has 1 aliphatic heterocycles. The highest BCUT2D eigenvalue weighted by atomic mass is 16.3. The summed E-state index contributed by atoms with van der Waals surface area (Å²) in [6.07, 6.45) is 0. The van der Waals surface area contributed by atoms with Gasteiger partial charge in [0.25, 0.3) is 0 Å². The normalized spacial score (nSPS) is 12.7. The van der Waals surface area contributed by atoms with Gasteiger partial charge in [0.15, 0.2) is 0 Å². The molecule has 0 radical (unpaired) electrons. The number of hydrogen-bond acceptors (Lipinski definition) is 3. The number of rotatable bonds is 0. The van der Waals surface area contributed by atoms with E-state index in [1.165, 1.54) is 0 Å². The van der Waals surface area contributed by atoms with E-state index in [0.29, 0.717) is 0 Å². The summed E-state index contributed by atoms with van der Waals surface area (Å²) < 4.78 is 0. The van der Waals surface area contributed by atoms with Crippen LogP contribution in [0.5, 0.6) is 5.75 Å². The number of fused-ring (bicyclic) bond motifs is 4. The first kappa shape index (κ1) is 12.5. The second-order valence-electron chi connectivity index (χ2n) is 5.94. The lowest BCUT2D eigenvalue weighted by Crippen LogP contribution is -2.15. The fourth-order valence-corrected chi connectivity index (χ4v) is 3.60. The molecule has 0 aliphatic carbocycles. The van der Waals surface area contributed by atoms with E-state index >= 15 is 0 Å². The molecular weight excluding hydrogens is 284 g/mol. The Morgan fingerprint density at radius 3 is 2.57 bits per heavy atom. The first-order chi connectivity index (χ1) is 11.2. The Kier molecular flexibility index (Phi) is 2.29. The monoisotopic (exact) mass is 298 g/mol. The molecule has 0 saturated carbocycles. The van der Waals surface area contributed by atoms with Gasteiger partial charge < -0.3 is 10.0 Å². The predicted octanol–water partition coefficient (Wildman–Crippen LogP) is 4.84. The van der Waals surface area contributed by atoms with Crippen molar-refractivity contribution in [1.29, 1.82) is 0 Å². The third-order valence-corrected chi connectivity index (χ3v) is 4.65. The van der Waals surface area contributed by atoms with Crippen molar-refractivity contribution in [1.82, 2.24) is 4.98 Å². The van der Waals surface area contributed by atoms with Crippen LogP contribution in [0.15, 0.2) is 60.7 Å². The van der Waals surface area contributed by atoms with Crippen molar-refractivity contribution in [3.8, 4) is 17.0 Å². The van der Waals surface area contributed by atoms with Crippen LogP contribution in [0, 0.1) is 0 Å². The Bertz CT molecular complexity index is 1100. The second-order valence-corrected chi connectivity index (χ2v) is 5.94. The molecular formula is C20H14N2O. The average Bonchev–Trinajstić information content (AvgIpc) is 2.59. The fraction of sp³-hybridized carbons (Fsp3) is 0.0500. The van der Waals surface area contributed by atoms with Gasteiger partial charge in [-0.25, -0.2) is 4.98 Å². The van der Waals surface area contributed by atoms with Gasteiger partial charge in [0.2, 0.25) is 0 Å². The summed E-state index contributed by atoms with van der Waals surface area (Å²) in [5.41, 5.74) is 5.17. The Morgan fingerprint density at radius 1 is 0.870 bits per heavy atom. The van der Waals surface area contributed by atoms with Gasteiger partial charge in [-0.2, -0.15) is 0 Å². The second kappa shape index (κ2) is 4.23. The number of nitrogens with zero attached hydrogens (tertiary/aromatic N) is 2. The van der Waals surface area contributed by atoms with Gasteiger partial charge in [0.1, 0.15) is 5.75 Å². The van der Waals surface area contributed by atoms with Crippen molar-refractivity contribution < 1.29 is 5.11 Å². The molecule has 2 heterocycles. The topological polar surface area (TPSA) is 36.4 Å². The zero-order valence-corrected chi connectivity index (χ0v) is 12.6. The third-order valence-electron chi connectivity index (χ3n) is 4.65. The van der Waals surface area contributed by atoms with Crippen LogP contribution >= 0.6 is 0 Å². The van der Waals surface area contributed by atoms with Gasteiger partial charge in [-0.3, -0.25) is 0 Å². The summed E-state index contributed by atoms with van der Waals surface area (Å²) in [4.78, 5) is 7.06. The van der Waals surface area contributed by atoms with E-state index < -0.39 is 0 Å². The van der Waals surface area contributed by atoms with E-state index in [2.05, 4.69) is 23.1 Å². The number of phenolic OH excluding ortho intramolecular Hbond substituents is 1. The van der Waals surface area contributed by atoms with Gasteiger partial charge in [-0.1, -0.05) is 36.4 Å². The van der Waals surface area contributed by atoms with Crippen LogP contribution in [-0.2, 0) is 0 Å². The highest BCUT2D eigenvalue weighted by Gasteiger charge is 2.25. The lowest BCUT2D eigenvalue weighted by molar-refractivity contribution is 0.476. The average molecular weight is 298 g/mol. The van der Waals surface area contributed by atoms with Gasteiger partial charge in [0.05, 0.1) is 22.6 Å². The van der Waals surface area contributed by atoms with E-state index in [0.717, 1.165) is 44.3 Å². The number of benzene rings is 3. The lowest BCUT2D eigenvalue weighted by Gasteiger charge is -2.30. The maximum Gasteiger partial charge on any atom is 0.118 e. The molecule has 0 saturated heterocycles. The number of phenols is 1. The molecule has 1 aliphatic rings. The minimum atomic E-state index is 0.279. The van der Waals surface area contributed by atoms with Crippen LogP contribution in [0.3, 0.4) is 0 Å². The van der Waals surface area contributed by atoms with E-state index in [9.17, 15) is 5.11 Å². The Labute approximate surface area is 133 Å². The van der Waals surface area contributed by atoms with Crippen LogP contribution in [0.1, 0.15) is 0 Å². The summed E-state index contributed by atoms with van der Waals surface area (Å²) >= 11 is 0. The molecule has 3 nitrogen and oxygen atoms in total. The molecule has 23 heavy (non-hydrogen) atoms. The van der Waals surface area contributed by atoms with Gasteiger partial charge in [-0.15, -0.1) is 0 Å². The van der Waals surface area contributed by atoms with Crippen LogP contribution < -0.4 is 4.90 Å². The van der Waals surface area contributed by atoms with E-state index in [-0.39, 0.29) is 5.75 Å². The molecule has 0 spiro atoms. The van der Waals surface area contributed by atoms with Crippen LogP contribution in [-0.4, -0.2) is 17.1 Å². The van der Waals surface area contributed by atoms with E-state index in [1.807, 2.05) is 49.5 Å². The lowest BCUT2D eigenvalue weighted by atomic mass is 9.93. The van der Waals surface area contributed by atoms with Gasteiger partial charge >= 0.3 is 0 Å². The number of hydrogen-bond donors (Lipinski definition) is 1. The van der Waals surface area contributed by atoms with Crippen molar-refractivity contribution in [3.05, 3.63) is 60.7 Å². The molecule has 3 aromatic carbocycles. The molecule has 1 N–H and O–H groups in total. The predicted molar refractivity (Wildman–Crippen MR) is 94.4 cm³/mol. The summed E-state index contributed by atoms with van der Waals surface area (Å²) in [5.74, 6) is 0.279. The Morgan fingerprint density at radius 2 is 1.65 bits per heavy atom. The standard InChI is InChI=1S/C20H14N2O/c1-22-17-9-5-3-7-14(17)20-19-15(10-12(23)11-18(19)22)13-6-2-4-8-16(13)21-20/h2-11,23H,1H3. The largest absolute Gasteiger partial charge is 0.508 e. The number of pyridine rings is 1. The smallest absolute Gasteiger partial charge is 0.118 e. The fourth-order valence-electron chi connectivity index (χ4n) is 3.60. The molecule has 110 valence electrons. The van der Waals surface area contributed by atoms with Crippen molar-refractivity contribution in [3.63, 3.8) is 0 Å². The van der Waals surface area contributed by atoms with Crippen LogP contribution in [0.4, 0.5) is 11.4 Å². The highest BCUT2D eigenvalue weighted by Crippen LogP contribution is 2.48. The molecule has 0 atom stereocenters. The number of aromatic nitrogens is 1. The maximum absolute atomic E-state index is 10.2. The maximum atomic E-state index is 10.2. The summed E-state index contributed by atoms with van der Waals surface area (Å²) in [6.45, 7) is 0. The minimum Gasteiger partial charge on any atom is -0.508 e. The molecule has 0 fully saturated rings. The van der Waals surface area contributed by atoms with Crippen molar-refractivity contribution >= 4 is 33.1 Å². The SMILES string of the molecule is CN1c2ccccc2-c2nc3ccccc3c3cc(O)cc1c23. The third kappa shape index (κ3) is 1.56. The van der Waals surface area contributed by atoms with Crippen LogP contribution in [0.2, 0.25) is 0 Å². The van der Waals surface area contributed by atoms with Crippen LogP contribution in [0.25, 0.3) is 32.9 Å². The first-order valence-electron chi connectivity index (χ1n) is 7.62. The number of aromatic hydroxyl groups is 1. The van der Waals surface area contributed by atoms with E-state index in [1.54, 1.807) is 0 Å².